The van der Waals surface area contributed by atoms with Gasteiger partial charge >= 0.3 is 0 Å². The number of nitrogens with zero attached hydrogens (tertiary/aromatic N) is 7. The number of alkyl halides is 4. The molecule has 4 amide bonds. The number of carbonyl (C=O) groups is 4. The minimum atomic E-state index is -0.285. The van der Waals surface area contributed by atoms with Crippen molar-refractivity contribution in [1.82, 2.24) is 26.3 Å². The number of pyridine rings is 1. The molecule has 22 heteroatoms. The number of aryl methyl sites for hydroxylation is 1. The number of fused-ring (bicyclic) bond motifs is 1. The number of quaternary nitrogens is 2. The van der Waals surface area contributed by atoms with Crippen molar-refractivity contribution in [2.24, 2.45) is 0 Å². The number of carbonyl (C=O) groups excluding carboxylic acids is 4. The van der Waals surface area contributed by atoms with Gasteiger partial charge in [0.05, 0.1) is 57.5 Å². The second-order valence-corrected chi connectivity index (χ2v) is 24.8. The zero-order valence-corrected chi connectivity index (χ0v) is 52.8. The van der Waals surface area contributed by atoms with Gasteiger partial charge in [-0.25, -0.2) is 4.98 Å². The number of hydrogen-bond acceptors (Lipinski definition) is 12. The first kappa shape index (κ1) is 65.7. The number of hydrogen-bond donors (Lipinski definition) is 4. The van der Waals surface area contributed by atoms with Crippen LogP contribution in [0.4, 0.5) is 22.9 Å². The molecule has 0 atom stereocenters. The van der Waals surface area contributed by atoms with E-state index in [1.54, 1.807) is 0 Å². The highest BCUT2D eigenvalue weighted by atomic mass is 35.5. The predicted molar refractivity (Wildman–Crippen MR) is 346 cm³/mol. The van der Waals surface area contributed by atoms with Crippen LogP contribution in [0.15, 0.2) is 107 Å². The van der Waals surface area contributed by atoms with E-state index in [2.05, 4.69) is 118 Å². The monoisotopic (exact) mass is 1250 g/mol. The van der Waals surface area contributed by atoms with E-state index in [9.17, 15) is 19.2 Å². The molecule has 0 aliphatic carbocycles. The molecule has 17 nitrogen and oxygen atoms in total. The van der Waals surface area contributed by atoms with Crippen LogP contribution in [0, 0.1) is 0 Å². The molecule has 4 aromatic carbocycles. The molecule has 0 fully saturated rings. The Morgan fingerprint density at radius 1 is 0.607 bits per heavy atom. The molecule has 7 rings (SSSR count). The topological polar surface area (TPSA) is 161 Å². The van der Waals surface area contributed by atoms with Gasteiger partial charge in [-0.2, -0.15) is 0 Å². The van der Waals surface area contributed by atoms with Crippen molar-refractivity contribution in [2.75, 3.05) is 183 Å². The molecule has 0 radical (unpaired) electrons. The number of para-hydroxylation sites is 2. The van der Waals surface area contributed by atoms with Crippen LogP contribution in [-0.4, -0.2) is 201 Å². The number of aromatic nitrogens is 1. The average molecular weight is 1250 g/mol. The van der Waals surface area contributed by atoms with Gasteiger partial charge < -0.3 is 59.3 Å². The van der Waals surface area contributed by atoms with E-state index >= 15 is 0 Å². The Morgan fingerprint density at radius 2 is 1.10 bits per heavy atom. The van der Waals surface area contributed by atoms with Gasteiger partial charge in [0, 0.05) is 130 Å². The van der Waals surface area contributed by atoms with E-state index in [-0.39, 0.29) is 76.1 Å². The van der Waals surface area contributed by atoms with Gasteiger partial charge in [-0.1, -0.05) is 42.1 Å². The largest absolute Gasteiger partial charge is 0.484 e. The second-order valence-electron chi connectivity index (χ2n) is 22.2. The third kappa shape index (κ3) is 20.4. The number of benzene rings is 4. The van der Waals surface area contributed by atoms with Gasteiger partial charge in [0.25, 0.3) is 23.6 Å². The van der Waals surface area contributed by atoms with Gasteiger partial charge in [0.15, 0.2) is 26.3 Å². The number of rotatable bonds is 36. The minimum absolute atomic E-state index is 0.104. The predicted octanol–water partition coefficient (Wildman–Crippen LogP) is 8.02. The lowest BCUT2D eigenvalue weighted by Gasteiger charge is -2.32. The lowest BCUT2D eigenvalue weighted by atomic mass is 10.0. The van der Waals surface area contributed by atoms with Gasteiger partial charge in [-0.05, 0) is 96.8 Å². The first-order chi connectivity index (χ1) is 40.6. The Bertz CT molecular complexity index is 2850. The third-order valence-electron chi connectivity index (χ3n) is 14.6. The van der Waals surface area contributed by atoms with Gasteiger partial charge in [0.2, 0.25) is 0 Å². The number of thioether (sulfide) groups is 1. The molecule has 5 aromatic rings. The number of halogens is 4. The molecule has 0 saturated carbocycles. The first-order valence-electron chi connectivity index (χ1n) is 28.9. The summed E-state index contributed by atoms with van der Waals surface area (Å²) < 4.78 is 12.3. The molecule has 2 aliphatic heterocycles. The number of nitrogens with one attached hydrogen (secondary N) is 4. The van der Waals surface area contributed by atoms with Crippen LogP contribution in [0.3, 0.4) is 0 Å². The summed E-state index contributed by atoms with van der Waals surface area (Å²) in [6, 6.07) is 32.1. The summed E-state index contributed by atoms with van der Waals surface area (Å²) in [5, 5.41) is 13.9. The maximum Gasteiger partial charge on any atom is 0.275 e. The smallest absolute Gasteiger partial charge is 0.275 e. The Kier molecular flexibility index (Phi) is 25.9. The lowest BCUT2D eigenvalue weighted by molar-refractivity contribution is -0.882. The standard InChI is InChI=1S/C62H81Cl4N11O6S/c1-76(2,43-57(78)67-28-30-69-59(80)45-82-51-20-16-49(17-21-51)72(35-24-63)36-25-64)39-9-32-74(56-41-48(53-13-5-6-14-54(53)71-56)42-61-75-34-8-12-47-11-7-15-55(84-61)62(47)75)33-10-40-77(3,4)44-58(79)68-29-31-70-60(81)46-83-52-22-18-50(19-23-52)73(37-26-65)38-27-66/h5-7,11,13-23,41-42H,8-10,12,24-40,43-46H2,1-4H3,(H2-2,67,68,69,70,78,79,80,81)/p+2. The maximum absolute atomic E-state index is 13.3. The van der Waals surface area contributed by atoms with Crippen molar-refractivity contribution in [3.05, 3.63) is 113 Å². The van der Waals surface area contributed by atoms with Crippen molar-refractivity contribution < 1.29 is 37.6 Å². The fourth-order valence-corrected chi connectivity index (χ4v) is 12.4. The molecule has 4 N–H and O–H groups in total. The highest BCUT2D eigenvalue weighted by Gasteiger charge is 2.31. The van der Waals surface area contributed by atoms with Crippen molar-refractivity contribution >= 4 is 122 Å². The summed E-state index contributed by atoms with van der Waals surface area (Å²) in [5.41, 5.74) is 6.71. The Hall–Kier alpha value is -5.86. The van der Waals surface area contributed by atoms with Crippen LogP contribution in [0.1, 0.15) is 30.4 Å². The van der Waals surface area contributed by atoms with Gasteiger partial charge in [-0.15, -0.1) is 46.4 Å². The molecular formula is C62H83Cl4N11O6S+2. The van der Waals surface area contributed by atoms with E-state index in [0.29, 0.717) is 83.3 Å². The van der Waals surface area contributed by atoms with Crippen molar-refractivity contribution in [2.45, 2.75) is 30.6 Å². The lowest BCUT2D eigenvalue weighted by Crippen LogP contribution is -2.50. The molecule has 84 heavy (non-hydrogen) atoms. The number of amides is 4. The van der Waals surface area contributed by atoms with Crippen LogP contribution in [0.25, 0.3) is 17.0 Å². The van der Waals surface area contributed by atoms with Crippen LogP contribution in [-0.2, 0) is 25.6 Å². The summed E-state index contributed by atoms with van der Waals surface area (Å²) in [5.74, 6) is 3.17. The minimum Gasteiger partial charge on any atom is -0.484 e. The summed E-state index contributed by atoms with van der Waals surface area (Å²) >= 11 is 25.7. The molecule has 0 spiro atoms. The first-order valence-corrected chi connectivity index (χ1v) is 31.9. The molecule has 1 aromatic heterocycles. The summed E-state index contributed by atoms with van der Waals surface area (Å²) in [7, 11) is 8.23. The van der Waals surface area contributed by atoms with Crippen LogP contribution in [0.5, 0.6) is 11.5 Å². The van der Waals surface area contributed by atoms with E-state index in [1.165, 1.54) is 21.2 Å². The van der Waals surface area contributed by atoms with Crippen molar-refractivity contribution in [1.29, 1.82) is 0 Å². The van der Waals surface area contributed by atoms with E-state index in [1.807, 2.05) is 66.4 Å². The maximum atomic E-state index is 13.3. The highest BCUT2D eigenvalue weighted by molar-refractivity contribution is 8.03. The zero-order valence-electron chi connectivity index (χ0n) is 49.0. The summed E-state index contributed by atoms with van der Waals surface area (Å²) in [6.07, 6.45) is 6.08. The SMILES string of the molecule is C[N+](C)(CCCN(CCC[N+](C)(C)CC(=O)NCCNC(=O)COc1ccc(N(CCCl)CCCl)cc1)c1cc(C=C2Sc3cccc4c3N2CCC4)c2ccccc2n1)CC(=O)NCCNC(=O)COc1ccc(N(CCCl)CCCl)cc1. The number of ether oxygens (including phenoxy) is 2. The van der Waals surface area contributed by atoms with E-state index < -0.39 is 0 Å². The van der Waals surface area contributed by atoms with E-state index in [0.717, 1.165) is 79.0 Å². The molecule has 454 valence electrons. The number of likely N-dealkylation sites (N-methyl/N-ethyl adjacent to an activating group) is 2. The molecule has 3 heterocycles. The number of anilines is 4. The fourth-order valence-electron chi connectivity index (χ4n) is 10.4. The van der Waals surface area contributed by atoms with Crippen LogP contribution >= 0.6 is 58.2 Å². The Morgan fingerprint density at radius 3 is 1.60 bits per heavy atom. The normalized spacial score (nSPS) is 13.3. The quantitative estimate of drug-likeness (QED) is 0.0174. The summed E-state index contributed by atoms with van der Waals surface area (Å²) in [4.78, 5) is 67.4. The van der Waals surface area contributed by atoms with Crippen LogP contribution in [0.2, 0.25) is 0 Å². The van der Waals surface area contributed by atoms with Crippen molar-refractivity contribution in [3.8, 4) is 11.5 Å². The third-order valence-corrected chi connectivity index (χ3v) is 16.4. The van der Waals surface area contributed by atoms with Gasteiger partial charge in [0.1, 0.15) is 17.3 Å². The molecular weight excluding hydrogens is 1170 g/mol. The summed E-state index contributed by atoms with van der Waals surface area (Å²) in [6.45, 7) is 7.83. The van der Waals surface area contributed by atoms with Crippen LogP contribution < -0.4 is 50.3 Å². The average Bonchev–Trinajstić information content (AvgIpc) is 1.84. The Labute approximate surface area is 520 Å². The van der Waals surface area contributed by atoms with E-state index in [4.69, 9.17) is 60.9 Å². The zero-order chi connectivity index (χ0) is 59.9. The second kappa shape index (κ2) is 33.2. The fraction of sp³-hybridized carbons (Fsp3) is 0.468. The highest BCUT2D eigenvalue weighted by Crippen LogP contribution is 2.50. The molecule has 0 saturated heterocycles. The molecule has 0 bridgehead atoms. The molecule has 0 unspecified atom stereocenters. The Balaban J connectivity index is 0.908. The van der Waals surface area contributed by atoms with Gasteiger partial charge in [-0.3, -0.25) is 19.2 Å². The van der Waals surface area contributed by atoms with Crippen molar-refractivity contribution in [3.63, 3.8) is 0 Å². The molecule has 2 aliphatic rings.